The molecule has 0 bridgehead atoms. The Bertz CT molecular complexity index is 211. The molecule has 3 heteroatoms. The fraction of sp³-hybridized carbons (Fsp3) is 0.600. The van der Waals surface area contributed by atoms with Gasteiger partial charge in [0.15, 0.2) is 0 Å². The van der Waals surface area contributed by atoms with Gasteiger partial charge in [-0.1, -0.05) is 13.8 Å². The van der Waals surface area contributed by atoms with Gasteiger partial charge in [0.05, 0.1) is 12.8 Å². The van der Waals surface area contributed by atoms with Crippen LogP contribution in [-0.4, -0.2) is 17.5 Å². The molecule has 1 unspecified atom stereocenters. The summed E-state index contributed by atoms with van der Waals surface area (Å²) in [4.78, 5) is 0. The maximum atomic E-state index is 5.21. The summed E-state index contributed by atoms with van der Waals surface area (Å²) in [6.45, 7) is 6.30. The van der Waals surface area contributed by atoms with E-state index in [1.54, 1.807) is 6.26 Å². The van der Waals surface area contributed by atoms with Crippen LogP contribution in [0.3, 0.4) is 0 Å². The Labute approximate surface area is 84.1 Å². The van der Waals surface area contributed by atoms with Gasteiger partial charge in [-0.25, -0.2) is 0 Å². The van der Waals surface area contributed by atoms with E-state index in [-0.39, 0.29) is 0 Å². The van der Waals surface area contributed by atoms with E-state index in [9.17, 15) is 0 Å². The molecule has 0 saturated heterocycles. The maximum Gasteiger partial charge on any atom is 0.117 e. The predicted octanol–water partition coefficient (Wildman–Crippen LogP) is 2.51. The van der Waals surface area contributed by atoms with Crippen LogP contribution in [0.15, 0.2) is 22.8 Å². The average Bonchev–Trinajstić information content (AvgIpc) is 2.57. The Morgan fingerprint density at radius 1 is 1.62 bits per heavy atom. The van der Waals surface area contributed by atoms with Crippen LogP contribution >= 0.6 is 11.8 Å². The van der Waals surface area contributed by atoms with Gasteiger partial charge in [0, 0.05) is 11.8 Å². The van der Waals surface area contributed by atoms with Crippen molar-refractivity contribution in [3.05, 3.63) is 24.2 Å². The van der Waals surface area contributed by atoms with Crippen molar-refractivity contribution in [1.82, 2.24) is 5.32 Å². The average molecular weight is 199 g/mol. The van der Waals surface area contributed by atoms with Crippen molar-refractivity contribution >= 4 is 11.8 Å². The van der Waals surface area contributed by atoms with Crippen molar-refractivity contribution in [2.24, 2.45) is 0 Å². The Balaban J connectivity index is 2.07. The Morgan fingerprint density at radius 2 is 2.46 bits per heavy atom. The lowest BCUT2D eigenvalue weighted by atomic mass is 10.4. The Morgan fingerprint density at radius 3 is 3.08 bits per heavy atom. The van der Waals surface area contributed by atoms with Crippen LogP contribution in [0.4, 0.5) is 0 Å². The van der Waals surface area contributed by atoms with Gasteiger partial charge in [-0.3, -0.25) is 0 Å². The summed E-state index contributed by atoms with van der Waals surface area (Å²) < 4.78 is 5.21. The summed E-state index contributed by atoms with van der Waals surface area (Å²) in [5.41, 5.74) is 0. The molecule has 0 fully saturated rings. The minimum Gasteiger partial charge on any atom is -0.468 e. The summed E-state index contributed by atoms with van der Waals surface area (Å²) in [5.74, 6) is 2.19. The van der Waals surface area contributed by atoms with E-state index in [2.05, 4.69) is 19.2 Å². The highest BCUT2D eigenvalue weighted by atomic mass is 32.2. The van der Waals surface area contributed by atoms with Crippen molar-refractivity contribution in [3.63, 3.8) is 0 Å². The molecule has 0 radical (unpaired) electrons. The molecule has 74 valence electrons. The minimum atomic E-state index is 0.681. The highest BCUT2D eigenvalue weighted by Gasteiger charge is 2.00. The first-order chi connectivity index (χ1) is 6.33. The molecule has 1 heterocycles. The molecule has 0 saturated carbocycles. The molecular formula is C10H17NOS. The number of hydrogen-bond acceptors (Lipinski definition) is 3. The highest BCUT2D eigenvalue weighted by Crippen LogP contribution is 2.08. The number of rotatable bonds is 6. The standard InChI is InChI=1S/C10H17NOS/c1-3-13-9(2)7-11-8-10-5-4-6-12-10/h4-6,9,11H,3,7-8H2,1-2H3. The Kier molecular flexibility index (Phi) is 5.01. The van der Waals surface area contributed by atoms with Crippen LogP contribution in [0.5, 0.6) is 0 Å². The monoisotopic (exact) mass is 199 g/mol. The van der Waals surface area contributed by atoms with E-state index < -0.39 is 0 Å². The van der Waals surface area contributed by atoms with Gasteiger partial charge in [-0.05, 0) is 17.9 Å². The summed E-state index contributed by atoms with van der Waals surface area (Å²) in [7, 11) is 0. The van der Waals surface area contributed by atoms with Crippen LogP contribution in [0, 0.1) is 0 Å². The largest absolute Gasteiger partial charge is 0.468 e. The van der Waals surface area contributed by atoms with Gasteiger partial charge in [-0.15, -0.1) is 0 Å². The molecule has 0 aliphatic heterocycles. The number of furan rings is 1. The summed E-state index contributed by atoms with van der Waals surface area (Å²) in [5, 5.41) is 4.04. The lowest BCUT2D eigenvalue weighted by molar-refractivity contribution is 0.484. The van der Waals surface area contributed by atoms with Crippen molar-refractivity contribution in [2.75, 3.05) is 12.3 Å². The van der Waals surface area contributed by atoms with Crippen molar-refractivity contribution in [2.45, 2.75) is 25.6 Å². The van der Waals surface area contributed by atoms with Crippen LogP contribution < -0.4 is 5.32 Å². The molecule has 1 atom stereocenters. The number of thioether (sulfide) groups is 1. The first-order valence-electron chi connectivity index (χ1n) is 4.67. The van der Waals surface area contributed by atoms with E-state index >= 15 is 0 Å². The van der Waals surface area contributed by atoms with Crippen molar-refractivity contribution in [1.29, 1.82) is 0 Å². The lowest BCUT2D eigenvalue weighted by Crippen LogP contribution is -2.22. The summed E-state index contributed by atoms with van der Waals surface area (Å²) in [6, 6.07) is 3.91. The molecule has 1 aromatic rings. The molecule has 0 aliphatic carbocycles. The zero-order chi connectivity index (χ0) is 9.52. The van der Waals surface area contributed by atoms with Crippen LogP contribution in [0.25, 0.3) is 0 Å². The zero-order valence-corrected chi connectivity index (χ0v) is 9.06. The van der Waals surface area contributed by atoms with Gasteiger partial charge in [0.2, 0.25) is 0 Å². The fourth-order valence-electron chi connectivity index (χ4n) is 1.16. The third kappa shape index (κ3) is 4.39. The van der Waals surface area contributed by atoms with Gasteiger partial charge < -0.3 is 9.73 Å². The van der Waals surface area contributed by atoms with E-state index in [0.717, 1.165) is 18.8 Å². The fourth-order valence-corrected chi connectivity index (χ4v) is 1.96. The Hall–Kier alpha value is -0.410. The van der Waals surface area contributed by atoms with Gasteiger partial charge in [0.25, 0.3) is 0 Å². The molecule has 2 nitrogen and oxygen atoms in total. The molecule has 1 rings (SSSR count). The normalized spacial score (nSPS) is 13.1. The second kappa shape index (κ2) is 6.11. The second-order valence-corrected chi connectivity index (χ2v) is 4.69. The molecule has 1 aromatic heterocycles. The first-order valence-corrected chi connectivity index (χ1v) is 5.72. The third-order valence-corrected chi connectivity index (χ3v) is 2.83. The molecule has 13 heavy (non-hydrogen) atoms. The lowest BCUT2D eigenvalue weighted by Gasteiger charge is -2.09. The molecule has 0 spiro atoms. The van der Waals surface area contributed by atoms with Gasteiger partial charge in [0.1, 0.15) is 5.76 Å². The van der Waals surface area contributed by atoms with Crippen molar-refractivity contribution in [3.8, 4) is 0 Å². The van der Waals surface area contributed by atoms with Gasteiger partial charge in [-0.2, -0.15) is 11.8 Å². The third-order valence-electron chi connectivity index (χ3n) is 1.76. The van der Waals surface area contributed by atoms with E-state index in [0.29, 0.717) is 5.25 Å². The maximum absolute atomic E-state index is 5.21. The molecule has 0 aromatic carbocycles. The number of hydrogen-bond donors (Lipinski definition) is 1. The van der Waals surface area contributed by atoms with E-state index in [1.807, 2.05) is 23.9 Å². The van der Waals surface area contributed by atoms with Crippen LogP contribution in [0.1, 0.15) is 19.6 Å². The predicted molar refractivity (Wildman–Crippen MR) is 58.0 cm³/mol. The van der Waals surface area contributed by atoms with Crippen molar-refractivity contribution < 1.29 is 4.42 Å². The minimum absolute atomic E-state index is 0.681. The first kappa shape index (κ1) is 10.7. The van der Waals surface area contributed by atoms with Crippen LogP contribution in [0.2, 0.25) is 0 Å². The molecular weight excluding hydrogens is 182 g/mol. The quantitative estimate of drug-likeness (QED) is 0.762. The van der Waals surface area contributed by atoms with Crippen LogP contribution in [-0.2, 0) is 6.54 Å². The van der Waals surface area contributed by atoms with Gasteiger partial charge >= 0.3 is 0 Å². The molecule has 0 aliphatic rings. The highest BCUT2D eigenvalue weighted by molar-refractivity contribution is 7.99. The van der Waals surface area contributed by atoms with E-state index in [1.165, 1.54) is 5.75 Å². The smallest absolute Gasteiger partial charge is 0.117 e. The van der Waals surface area contributed by atoms with E-state index in [4.69, 9.17) is 4.42 Å². The molecule has 0 amide bonds. The number of nitrogens with one attached hydrogen (secondary N) is 1. The zero-order valence-electron chi connectivity index (χ0n) is 8.25. The summed E-state index contributed by atoms with van der Waals surface area (Å²) in [6.07, 6.45) is 1.71. The summed E-state index contributed by atoms with van der Waals surface area (Å²) >= 11 is 1.98. The SMILES string of the molecule is CCSC(C)CNCc1ccco1. The topological polar surface area (TPSA) is 25.2 Å². The second-order valence-electron chi connectivity index (χ2n) is 2.98. The molecule has 1 N–H and O–H groups in total.